The van der Waals surface area contributed by atoms with Crippen LogP contribution in [0, 0.1) is 9.39 Å². The van der Waals surface area contributed by atoms with E-state index in [2.05, 4.69) is 0 Å². The molecule has 0 unspecified atom stereocenters. The molecule has 0 aliphatic heterocycles. The highest BCUT2D eigenvalue weighted by Gasteiger charge is 2.00. The molecule has 1 nitrogen and oxygen atoms in total. The summed E-state index contributed by atoms with van der Waals surface area (Å²) in [5, 5.41) is 0. The zero-order valence-corrected chi connectivity index (χ0v) is 8.90. The molecule has 13 heavy (non-hydrogen) atoms. The fraction of sp³-hybridized carbons (Fsp3) is 0. The Morgan fingerprint density at radius 3 is 2.46 bits per heavy atom. The third-order valence-electron chi connectivity index (χ3n) is 1.81. The van der Waals surface area contributed by atoms with E-state index >= 15 is 0 Å². The van der Waals surface area contributed by atoms with Gasteiger partial charge in [-0.05, 0) is 52.9 Å². The first-order chi connectivity index (χ1) is 6.27. The minimum absolute atomic E-state index is 0.174. The molecule has 66 valence electrons. The quantitative estimate of drug-likeness (QED) is 0.710. The van der Waals surface area contributed by atoms with Crippen molar-refractivity contribution in [2.45, 2.75) is 0 Å². The molecule has 0 saturated heterocycles. The second kappa shape index (κ2) is 3.49. The number of hydrogen-bond donors (Lipinski definition) is 0. The second-order valence-electron chi connectivity index (χ2n) is 2.69. The summed E-state index contributed by atoms with van der Waals surface area (Å²) in [6.07, 6.45) is 3.78. The average Bonchev–Trinajstić information content (AvgIpc) is 2.62. The standard InChI is InChI=1S/C10H7FIN/c11-9-7-8(3-4-10(9)12)13-5-1-2-6-13/h1-7H. The number of halogens is 2. The van der Waals surface area contributed by atoms with Gasteiger partial charge in [0.1, 0.15) is 5.82 Å². The van der Waals surface area contributed by atoms with Gasteiger partial charge in [-0.2, -0.15) is 0 Å². The van der Waals surface area contributed by atoms with E-state index in [9.17, 15) is 4.39 Å². The fourth-order valence-electron chi connectivity index (χ4n) is 1.15. The van der Waals surface area contributed by atoms with Crippen molar-refractivity contribution in [2.75, 3.05) is 0 Å². The van der Waals surface area contributed by atoms with E-state index in [-0.39, 0.29) is 5.82 Å². The summed E-state index contributed by atoms with van der Waals surface area (Å²) in [6.45, 7) is 0. The van der Waals surface area contributed by atoms with Crippen molar-refractivity contribution in [1.29, 1.82) is 0 Å². The lowest BCUT2D eigenvalue weighted by molar-refractivity contribution is 0.619. The first-order valence-electron chi connectivity index (χ1n) is 3.86. The number of benzene rings is 1. The van der Waals surface area contributed by atoms with Crippen molar-refractivity contribution in [3.63, 3.8) is 0 Å². The van der Waals surface area contributed by atoms with Crippen LogP contribution in [0.3, 0.4) is 0 Å². The topological polar surface area (TPSA) is 4.93 Å². The van der Waals surface area contributed by atoms with E-state index < -0.39 is 0 Å². The molecular formula is C10H7FIN. The van der Waals surface area contributed by atoms with Crippen molar-refractivity contribution in [1.82, 2.24) is 4.57 Å². The number of nitrogens with zero attached hydrogens (tertiary/aromatic N) is 1. The van der Waals surface area contributed by atoms with Crippen molar-refractivity contribution < 1.29 is 4.39 Å². The van der Waals surface area contributed by atoms with Gasteiger partial charge in [-0.15, -0.1) is 0 Å². The lowest BCUT2D eigenvalue weighted by atomic mass is 10.3. The van der Waals surface area contributed by atoms with Gasteiger partial charge in [0.2, 0.25) is 0 Å². The molecule has 3 heteroatoms. The summed E-state index contributed by atoms with van der Waals surface area (Å²) in [4.78, 5) is 0. The van der Waals surface area contributed by atoms with Crippen LogP contribution in [0.25, 0.3) is 5.69 Å². The fourth-order valence-corrected chi connectivity index (χ4v) is 1.49. The van der Waals surface area contributed by atoms with Gasteiger partial charge in [-0.1, -0.05) is 0 Å². The van der Waals surface area contributed by atoms with E-state index in [1.807, 2.05) is 57.8 Å². The van der Waals surface area contributed by atoms with Crippen LogP contribution in [0.15, 0.2) is 42.7 Å². The molecule has 0 aliphatic rings. The molecule has 0 bridgehead atoms. The lowest BCUT2D eigenvalue weighted by Crippen LogP contribution is -1.91. The van der Waals surface area contributed by atoms with E-state index in [0.29, 0.717) is 3.57 Å². The Labute approximate surface area is 89.3 Å². The first kappa shape index (κ1) is 8.74. The SMILES string of the molecule is Fc1cc(-n2cccc2)ccc1I. The summed E-state index contributed by atoms with van der Waals surface area (Å²) in [5.74, 6) is -0.174. The molecule has 0 fully saturated rings. The molecule has 0 aliphatic carbocycles. The van der Waals surface area contributed by atoms with E-state index in [1.165, 1.54) is 6.07 Å². The minimum Gasteiger partial charge on any atom is -0.324 e. The molecule has 0 amide bonds. The molecular weight excluding hydrogens is 280 g/mol. The predicted molar refractivity (Wildman–Crippen MR) is 58.4 cm³/mol. The third kappa shape index (κ3) is 1.75. The van der Waals surface area contributed by atoms with Gasteiger partial charge >= 0.3 is 0 Å². The molecule has 1 aromatic heterocycles. The normalized spacial score (nSPS) is 10.3. The van der Waals surface area contributed by atoms with Crippen molar-refractivity contribution in [3.05, 3.63) is 52.1 Å². The lowest BCUT2D eigenvalue weighted by Gasteiger charge is -2.03. The summed E-state index contributed by atoms with van der Waals surface area (Å²) in [7, 11) is 0. The van der Waals surface area contributed by atoms with Crippen LogP contribution < -0.4 is 0 Å². The van der Waals surface area contributed by atoms with Crippen molar-refractivity contribution in [2.24, 2.45) is 0 Å². The van der Waals surface area contributed by atoms with E-state index in [1.54, 1.807) is 6.07 Å². The summed E-state index contributed by atoms with van der Waals surface area (Å²) in [5.41, 5.74) is 0.850. The Hall–Kier alpha value is -0.840. The maximum Gasteiger partial charge on any atom is 0.138 e. The smallest absolute Gasteiger partial charge is 0.138 e. The van der Waals surface area contributed by atoms with Gasteiger partial charge < -0.3 is 4.57 Å². The second-order valence-corrected chi connectivity index (χ2v) is 3.85. The van der Waals surface area contributed by atoms with Gasteiger partial charge in [0.05, 0.1) is 0 Å². The Morgan fingerprint density at radius 1 is 1.15 bits per heavy atom. The zero-order chi connectivity index (χ0) is 9.26. The average molecular weight is 287 g/mol. The molecule has 1 heterocycles. The maximum atomic E-state index is 13.2. The number of rotatable bonds is 1. The van der Waals surface area contributed by atoms with Gasteiger partial charge in [-0.3, -0.25) is 0 Å². The van der Waals surface area contributed by atoms with Gasteiger partial charge in [-0.25, -0.2) is 4.39 Å². The van der Waals surface area contributed by atoms with E-state index in [4.69, 9.17) is 0 Å². The largest absolute Gasteiger partial charge is 0.324 e. The first-order valence-corrected chi connectivity index (χ1v) is 4.93. The Balaban J connectivity index is 2.49. The van der Waals surface area contributed by atoms with Crippen LogP contribution in [0.5, 0.6) is 0 Å². The Bertz CT molecular complexity index is 409. The van der Waals surface area contributed by atoms with Crippen LogP contribution in [0.2, 0.25) is 0 Å². The van der Waals surface area contributed by atoms with Gasteiger partial charge in [0.25, 0.3) is 0 Å². The Kier molecular flexibility index (Phi) is 2.35. The summed E-state index contributed by atoms with van der Waals surface area (Å²) in [6, 6.07) is 9.02. The maximum absolute atomic E-state index is 13.2. The predicted octanol–water partition coefficient (Wildman–Crippen LogP) is 3.22. The molecule has 1 aromatic carbocycles. The highest BCUT2D eigenvalue weighted by atomic mass is 127. The molecule has 0 atom stereocenters. The number of aromatic nitrogens is 1. The molecule has 0 saturated carbocycles. The Morgan fingerprint density at radius 2 is 1.85 bits per heavy atom. The molecule has 0 spiro atoms. The molecule has 0 radical (unpaired) electrons. The summed E-state index contributed by atoms with van der Waals surface area (Å²) < 4.78 is 15.7. The molecule has 0 N–H and O–H groups in total. The van der Waals surface area contributed by atoms with Crippen LogP contribution in [0.4, 0.5) is 4.39 Å². The third-order valence-corrected chi connectivity index (χ3v) is 2.68. The van der Waals surface area contributed by atoms with Crippen LogP contribution in [0.1, 0.15) is 0 Å². The number of hydrogen-bond acceptors (Lipinski definition) is 0. The highest BCUT2D eigenvalue weighted by molar-refractivity contribution is 14.1. The van der Waals surface area contributed by atoms with Crippen molar-refractivity contribution >= 4 is 22.6 Å². The monoisotopic (exact) mass is 287 g/mol. The van der Waals surface area contributed by atoms with Gasteiger partial charge in [0, 0.05) is 21.7 Å². The summed E-state index contributed by atoms with van der Waals surface area (Å²) >= 11 is 1.97. The van der Waals surface area contributed by atoms with Crippen LogP contribution in [-0.2, 0) is 0 Å². The highest BCUT2D eigenvalue weighted by Crippen LogP contribution is 2.15. The minimum atomic E-state index is -0.174. The van der Waals surface area contributed by atoms with Crippen molar-refractivity contribution in [3.8, 4) is 5.69 Å². The van der Waals surface area contributed by atoms with Gasteiger partial charge in [0.15, 0.2) is 0 Å². The van der Waals surface area contributed by atoms with E-state index in [0.717, 1.165) is 5.69 Å². The van der Waals surface area contributed by atoms with Crippen LogP contribution in [-0.4, -0.2) is 4.57 Å². The zero-order valence-electron chi connectivity index (χ0n) is 6.74. The molecule has 2 aromatic rings. The van der Waals surface area contributed by atoms with Crippen LogP contribution >= 0.6 is 22.6 Å². The molecule has 2 rings (SSSR count).